The number of hydrogen-bond donors (Lipinski definition) is 2. The number of nitrogens with two attached hydrogens (primary N) is 1. The van der Waals surface area contributed by atoms with Crippen molar-refractivity contribution < 1.29 is 23.1 Å². The maximum Gasteiger partial charge on any atom is 0.335 e. The van der Waals surface area contributed by atoms with Crippen LogP contribution in [0, 0.1) is 0 Å². The quantitative estimate of drug-likeness (QED) is 0.740. The topological polar surface area (TPSA) is 118 Å². The van der Waals surface area contributed by atoms with E-state index < -0.39 is 28.4 Å². The van der Waals surface area contributed by atoms with Gasteiger partial charge in [-0.05, 0) is 17.7 Å². The third-order valence-electron chi connectivity index (χ3n) is 2.40. The van der Waals surface area contributed by atoms with E-state index in [1.165, 1.54) is 31.3 Å². The van der Waals surface area contributed by atoms with Gasteiger partial charge in [-0.2, -0.15) is 4.31 Å². The predicted molar refractivity (Wildman–Crippen MR) is 67.8 cm³/mol. The minimum Gasteiger partial charge on any atom is -0.478 e. The summed E-state index contributed by atoms with van der Waals surface area (Å²) in [5, 5.41) is 8.72. The fraction of sp³-hybridized carbons (Fsp3) is 0.273. The zero-order chi connectivity index (χ0) is 14.6. The Bertz CT molecular complexity index is 580. The molecule has 1 aromatic carbocycles. The Kier molecular flexibility index (Phi) is 4.62. The predicted octanol–water partition coefficient (Wildman–Crippen LogP) is -0.368. The molecule has 104 valence electrons. The maximum absolute atomic E-state index is 11.9. The molecule has 1 rings (SSSR count). The van der Waals surface area contributed by atoms with E-state index in [1.54, 1.807) is 0 Å². The second-order valence-electron chi connectivity index (χ2n) is 3.98. The molecule has 1 aromatic rings. The van der Waals surface area contributed by atoms with E-state index in [2.05, 4.69) is 0 Å². The lowest BCUT2D eigenvalue weighted by Gasteiger charge is -2.15. The smallest absolute Gasteiger partial charge is 0.335 e. The summed E-state index contributed by atoms with van der Waals surface area (Å²) in [6, 6.07) is 5.47. The number of sulfonamides is 1. The van der Waals surface area contributed by atoms with Crippen molar-refractivity contribution >= 4 is 21.9 Å². The van der Waals surface area contributed by atoms with Crippen LogP contribution in [0.3, 0.4) is 0 Å². The Hall–Kier alpha value is -1.93. The first kappa shape index (κ1) is 15.1. The fourth-order valence-corrected chi connectivity index (χ4v) is 2.54. The second kappa shape index (κ2) is 5.81. The van der Waals surface area contributed by atoms with Gasteiger partial charge < -0.3 is 10.8 Å². The van der Waals surface area contributed by atoms with E-state index in [4.69, 9.17) is 10.8 Å². The highest BCUT2D eigenvalue weighted by Gasteiger charge is 2.20. The van der Waals surface area contributed by atoms with Crippen molar-refractivity contribution in [1.29, 1.82) is 0 Å². The zero-order valence-electron chi connectivity index (χ0n) is 10.2. The third-order valence-corrected chi connectivity index (χ3v) is 4.18. The molecule has 0 aromatic heterocycles. The van der Waals surface area contributed by atoms with E-state index in [0.29, 0.717) is 5.56 Å². The Balaban J connectivity index is 2.83. The van der Waals surface area contributed by atoms with Crippen molar-refractivity contribution in [3.05, 3.63) is 35.4 Å². The van der Waals surface area contributed by atoms with Gasteiger partial charge in [0, 0.05) is 7.05 Å². The summed E-state index contributed by atoms with van der Waals surface area (Å²) < 4.78 is 24.6. The number of benzene rings is 1. The van der Waals surface area contributed by atoms with Gasteiger partial charge in [-0.3, -0.25) is 4.79 Å². The normalized spacial score (nSPS) is 11.5. The zero-order valence-corrected chi connectivity index (χ0v) is 11.1. The van der Waals surface area contributed by atoms with Crippen molar-refractivity contribution in [2.45, 2.75) is 5.75 Å². The molecule has 0 unspecified atom stereocenters. The number of carbonyl (C=O) groups excluding carboxylic acids is 1. The first-order valence-corrected chi connectivity index (χ1v) is 6.88. The number of carboxylic acids is 1. The summed E-state index contributed by atoms with van der Waals surface area (Å²) in [5.41, 5.74) is 5.43. The number of hydrogen-bond acceptors (Lipinski definition) is 4. The Morgan fingerprint density at radius 3 is 2.21 bits per heavy atom. The van der Waals surface area contributed by atoms with E-state index in [1.807, 2.05) is 0 Å². The van der Waals surface area contributed by atoms with E-state index in [9.17, 15) is 18.0 Å². The summed E-state index contributed by atoms with van der Waals surface area (Å²) in [7, 11) is -2.40. The van der Waals surface area contributed by atoms with Crippen LogP contribution in [-0.2, 0) is 20.6 Å². The number of likely N-dealkylation sites (N-methyl/N-ethyl adjacent to an activating group) is 1. The Labute approximate surface area is 110 Å². The summed E-state index contributed by atoms with van der Waals surface area (Å²) in [5.74, 6) is -2.15. The molecule has 0 aliphatic rings. The molecule has 0 spiro atoms. The molecule has 3 N–H and O–H groups in total. The molecule has 0 aliphatic carbocycles. The molecule has 0 radical (unpaired) electrons. The minimum atomic E-state index is -3.66. The van der Waals surface area contributed by atoms with Gasteiger partial charge in [0.15, 0.2) is 0 Å². The van der Waals surface area contributed by atoms with Crippen LogP contribution >= 0.6 is 0 Å². The highest BCUT2D eigenvalue weighted by atomic mass is 32.2. The first-order chi connectivity index (χ1) is 8.72. The average molecular weight is 286 g/mol. The maximum atomic E-state index is 11.9. The number of rotatable bonds is 6. The Morgan fingerprint density at radius 2 is 1.79 bits per heavy atom. The minimum absolute atomic E-state index is 0.0756. The van der Waals surface area contributed by atoms with Crippen LogP contribution in [0.15, 0.2) is 24.3 Å². The largest absolute Gasteiger partial charge is 0.478 e. The molecule has 1 amide bonds. The van der Waals surface area contributed by atoms with Gasteiger partial charge in [-0.25, -0.2) is 13.2 Å². The molecule has 0 fully saturated rings. The van der Waals surface area contributed by atoms with Crippen LogP contribution in [0.1, 0.15) is 15.9 Å². The molecular formula is C11H14N2O5S. The molecular weight excluding hydrogens is 272 g/mol. The molecule has 0 saturated heterocycles. The molecule has 0 heterocycles. The van der Waals surface area contributed by atoms with Gasteiger partial charge in [-0.15, -0.1) is 0 Å². The second-order valence-corrected chi connectivity index (χ2v) is 6.06. The van der Waals surface area contributed by atoms with Crippen molar-refractivity contribution in [3.63, 3.8) is 0 Å². The standard InChI is InChI=1S/C11H14N2O5S/c1-13(6-10(12)14)19(17,18)7-8-2-4-9(5-3-8)11(15)16/h2-5H,6-7H2,1H3,(H2,12,14)(H,15,16). The summed E-state index contributed by atoms with van der Waals surface area (Å²) in [6.45, 7) is -0.393. The number of primary amides is 1. The highest BCUT2D eigenvalue weighted by molar-refractivity contribution is 7.88. The van der Waals surface area contributed by atoms with Gasteiger partial charge in [-0.1, -0.05) is 12.1 Å². The number of amides is 1. The van der Waals surface area contributed by atoms with E-state index in [-0.39, 0.29) is 11.3 Å². The van der Waals surface area contributed by atoms with Gasteiger partial charge >= 0.3 is 5.97 Å². The molecule has 8 heteroatoms. The SMILES string of the molecule is CN(CC(N)=O)S(=O)(=O)Cc1ccc(C(=O)O)cc1. The molecule has 7 nitrogen and oxygen atoms in total. The average Bonchev–Trinajstić information content (AvgIpc) is 2.28. The number of carboxylic acid groups (broad SMARTS) is 1. The van der Waals surface area contributed by atoms with Crippen LogP contribution in [0.4, 0.5) is 0 Å². The number of nitrogens with zero attached hydrogens (tertiary/aromatic N) is 1. The molecule has 0 bridgehead atoms. The number of aromatic carboxylic acids is 1. The van der Waals surface area contributed by atoms with Gasteiger partial charge in [0.05, 0.1) is 17.9 Å². The van der Waals surface area contributed by atoms with E-state index >= 15 is 0 Å². The molecule has 0 saturated carbocycles. The fourth-order valence-electron chi connectivity index (χ4n) is 1.38. The van der Waals surface area contributed by atoms with Crippen molar-refractivity contribution in [3.8, 4) is 0 Å². The van der Waals surface area contributed by atoms with Crippen molar-refractivity contribution in [1.82, 2.24) is 4.31 Å². The lowest BCUT2D eigenvalue weighted by molar-refractivity contribution is -0.118. The summed E-state index contributed by atoms with van der Waals surface area (Å²) in [6.07, 6.45) is 0. The van der Waals surface area contributed by atoms with Crippen LogP contribution in [0.2, 0.25) is 0 Å². The van der Waals surface area contributed by atoms with E-state index in [0.717, 1.165) is 4.31 Å². The molecule has 0 aliphatic heterocycles. The Morgan fingerprint density at radius 1 is 1.26 bits per heavy atom. The van der Waals surface area contributed by atoms with Crippen LogP contribution < -0.4 is 5.73 Å². The monoisotopic (exact) mass is 286 g/mol. The van der Waals surface area contributed by atoms with Gasteiger partial charge in [0.25, 0.3) is 0 Å². The third kappa shape index (κ3) is 4.34. The van der Waals surface area contributed by atoms with Crippen molar-refractivity contribution in [2.24, 2.45) is 5.73 Å². The van der Waals surface area contributed by atoms with Gasteiger partial charge in [0.2, 0.25) is 15.9 Å². The summed E-state index contributed by atoms with van der Waals surface area (Å²) in [4.78, 5) is 21.3. The lowest BCUT2D eigenvalue weighted by atomic mass is 10.1. The summed E-state index contributed by atoms with van der Waals surface area (Å²) >= 11 is 0. The van der Waals surface area contributed by atoms with Crippen LogP contribution in [0.5, 0.6) is 0 Å². The molecule has 0 atom stereocenters. The van der Waals surface area contributed by atoms with Gasteiger partial charge in [0.1, 0.15) is 0 Å². The van der Waals surface area contributed by atoms with Crippen molar-refractivity contribution in [2.75, 3.05) is 13.6 Å². The first-order valence-electron chi connectivity index (χ1n) is 5.27. The highest BCUT2D eigenvalue weighted by Crippen LogP contribution is 2.11. The lowest BCUT2D eigenvalue weighted by Crippen LogP contribution is -2.36. The van der Waals surface area contributed by atoms with Crippen LogP contribution in [0.25, 0.3) is 0 Å². The van der Waals surface area contributed by atoms with Crippen LogP contribution in [-0.4, -0.2) is 43.3 Å². The molecule has 19 heavy (non-hydrogen) atoms. The number of carbonyl (C=O) groups is 2.